The first-order valence-corrected chi connectivity index (χ1v) is 10.7. The van der Waals surface area contributed by atoms with E-state index in [0.717, 1.165) is 19.4 Å². The molecule has 3 rings (SSSR count). The summed E-state index contributed by atoms with van der Waals surface area (Å²) in [7, 11) is -2.90. The van der Waals surface area contributed by atoms with Crippen LogP contribution >= 0.6 is 0 Å². The molecule has 25 heavy (non-hydrogen) atoms. The fourth-order valence-electron chi connectivity index (χ4n) is 3.46. The third-order valence-electron chi connectivity index (χ3n) is 4.87. The van der Waals surface area contributed by atoms with Crippen LogP contribution in [0.5, 0.6) is 0 Å². The van der Waals surface area contributed by atoms with Crippen LogP contribution in [0, 0.1) is 5.92 Å². The Bertz CT molecular complexity index is 715. The predicted molar refractivity (Wildman–Crippen MR) is 91.7 cm³/mol. The van der Waals surface area contributed by atoms with E-state index in [1.54, 1.807) is 0 Å². The van der Waals surface area contributed by atoms with Gasteiger partial charge in [-0.3, -0.25) is 9.69 Å². The Morgan fingerprint density at radius 2 is 2.20 bits per heavy atom. The van der Waals surface area contributed by atoms with Crippen molar-refractivity contribution in [1.82, 2.24) is 20.4 Å². The zero-order chi connectivity index (χ0) is 18.0. The van der Waals surface area contributed by atoms with Gasteiger partial charge in [-0.05, 0) is 31.7 Å². The van der Waals surface area contributed by atoms with Crippen molar-refractivity contribution in [1.29, 1.82) is 0 Å². The lowest BCUT2D eigenvalue weighted by atomic mass is 10.1. The van der Waals surface area contributed by atoms with E-state index in [4.69, 9.17) is 4.52 Å². The molecule has 140 valence electrons. The Labute approximate surface area is 148 Å². The number of hydrogen-bond donors (Lipinski definition) is 1. The molecule has 0 aliphatic carbocycles. The highest BCUT2D eigenvalue weighted by Crippen LogP contribution is 2.30. The molecule has 1 amide bonds. The van der Waals surface area contributed by atoms with Gasteiger partial charge in [0.2, 0.25) is 11.8 Å². The van der Waals surface area contributed by atoms with Gasteiger partial charge in [-0.1, -0.05) is 19.0 Å². The largest absolute Gasteiger partial charge is 0.355 e. The van der Waals surface area contributed by atoms with Crippen LogP contribution in [-0.4, -0.2) is 60.5 Å². The minimum atomic E-state index is -2.90. The fraction of sp³-hybridized carbons (Fsp3) is 0.812. The van der Waals surface area contributed by atoms with Crippen LogP contribution in [0.2, 0.25) is 0 Å². The zero-order valence-corrected chi connectivity index (χ0v) is 15.6. The number of likely N-dealkylation sites (tertiary alicyclic amines) is 1. The first-order chi connectivity index (χ1) is 11.8. The van der Waals surface area contributed by atoms with E-state index >= 15 is 0 Å². The zero-order valence-electron chi connectivity index (χ0n) is 14.8. The first-order valence-electron chi connectivity index (χ1n) is 8.89. The van der Waals surface area contributed by atoms with E-state index in [0.29, 0.717) is 24.7 Å². The molecule has 2 atom stereocenters. The lowest BCUT2D eigenvalue weighted by Crippen LogP contribution is -2.39. The van der Waals surface area contributed by atoms with Gasteiger partial charge >= 0.3 is 0 Å². The first kappa shape index (κ1) is 18.3. The van der Waals surface area contributed by atoms with Crippen LogP contribution < -0.4 is 5.32 Å². The summed E-state index contributed by atoms with van der Waals surface area (Å²) in [4.78, 5) is 18.8. The third-order valence-corrected chi connectivity index (χ3v) is 6.71. The normalized spacial score (nSPS) is 26.4. The van der Waals surface area contributed by atoms with Crippen molar-refractivity contribution >= 4 is 15.7 Å². The number of carbonyl (C=O) groups excluding carboxylic acids is 1. The molecule has 2 unspecified atom stereocenters. The van der Waals surface area contributed by atoms with Crippen LogP contribution in [0.3, 0.4) is 0 Å². The van der Waals surface area contributed by atoms with E-state index in [9.17, 15) is 13.2 Å². The summed E-state index contributed by atoms with van der Waals surface area (Å²) in [6.07, 6.45) is 2.53. The van der Waals surface area contributed by atoms with Gasteiger partial charge in [0.25, 0.3) is 0 Å². The van der Waals surface area contributed by atoms with E-state index in [1.807, 2.05) is 13.8 Å². The van der Waals surface area contributed by atoms with Crippen molar-refractivity contribution in [3.8, 4) is 0 Å². The molecule has 0 saturated carbocycles. The Morgan fingerprint density at radius 3 is 2.84 bits per heavy atom. The number of aromatic nitrogens is 2. The quantitative estimate of drug-likeness (QED) is 0.792. The van der Waals surface area contributed by atoms with Crippen molar-refractivity contribution in [2.75, 3.05) is 31.1 Å². The van der Waals surface area contributed by atoms with Gasteiger partial charge in [-0.15, -0.1) is 0 Å². The molecular weight excluding hydrogens is 344 g/mol. The second-order valence-electron chi connectivity index (χ2n) is 7.35. The Hall–Kier alpha value is -1.48. The summed E-state index contributed by atoms with van der Waals surface area (Å²) in [6.45, 7) is 5.52. The second-order valence-corrected chi connectivity index (χ2v) is 9.58. The molecule has 2 aliphatic heterocycles. The fourth-order valence-corrected chi connectivity index (χ4v) is 5.32. The summed E-state index contributed by atoms with van der Waals surface area (Å²) in [6, 6.07) is 0.00820. The third kappa shape index (κ3) is 4.58. The van der Waals surface area contributed by atoms with Crippen LogP contribution in [0.25, 0.3) is 0 Å². The van der Waals surface area contributed by atoms with Crippen molar-refractivity contribution in [2.45, 2.75) is 45.1 Å². The van der Waals surface area contributed by atoms with Crippen molar-refractivity contribution in [3.05, 3.63) is 11.7 Å². The molecule has 9 heteroatoms. The average molecular weight is 370 g/mol. The second kappa shape index (κ2) is 7.41. The predicted octanol–water partition coefficient (Wildman–Crippen LogP) is 0.881. The summed E-state index contributed by atoms with van der Waals surface area (Å²) in [5.74, 6) is 1.82. The summed E-state index contributed by atoms with van der Waals surface area (Å²) < 4.78 is 28.2. The van der Waals surface area contributed by atoms with Crippen LogP contribution in [0.1, 0.15) is 56.8 Å². The van der Waals surface area contributed by atoms with Crippen molar-refractivity contribution in [3.63, 3.8) is 0 Å². The lowest BCUT2D eigenvalue weighted by molar-refractivity contribution is -0.122. The van der Waals surface area contributed by atoms with Gasteiger partial charge in [0, 0.05) is 12.5 Å². The summed E-state index contributed by atoms with van der Waals surface area (Å²) >= 11 is 0. The van der Waals surface area contributed by atoms with Crippen LogP contribution in [0.4, 0.5) is 0 Å². The molecule has 8 nitrogen and oxygen atoms in total. The number of nitrogens with one attached hydrogen (secondary N) is 1. The maximum absolute atomic E-state index is 12.2. The molecule has 2 saturated heterocycles. The smallest absolute Gasteiger partial charge is 0.234 e. The molecule has 2 aliphatic rings. The van der Waals surface area contributed by atoms with E-state index in [2.05, 4.69) is 20.4 Å². The monoisotopic (exact) mass is 370 g/mol. The number of rotatable bonds is 6. The maximum atomic E-state index is 12.2. The molecule has 1 N–H and O–H groups in total. The minimum absolute atomic E-state index is 0.00820. The number of nitrogens with zero attached hydrogens (tertiary/aromatic N) is 3. The van der Waals surface area contributed by atoms with Crippen molar-refractivity contribution in [2.24, 2.45) is 5.92 Å². The van der Waals surface area contributed by atoms with Gasteiger partial charge in [-0.25, -0.2) is 8.42 Å². The highest BCUT2D eigenvalue weighted by Gasteiger charge is 2.32. The lowest BCUT2D eigenvalue weighted by Gasteiger charge is -2.21. The van der Waals surface area contributed by atoms with E-state index < -0.39 is 9.84 Å². The molecular formula is C16H26N4O4S. The minimum Gasteiger partial charge on any atom is -0.355 e. The molecule has 3 heterocycles. The van der Waals surface area contributed by atoms with Crippen LogP contribution in [-0.2, 0) is 14.6 Å². The van der Waals surface area contributed by atoms with Gasteiger partial charge < -0.3 is 9.84 Å². The SMILES string of the molecule is CC(C)c1nc(C2CCCN2CC(=O)NCC2CCS(=O)(=O)C2)no1. The molecule has 0 bridgehead atoms. The molecule has 0 radical (unpaired) electrons. The molecule has 1 aromatic rings. The molecule has 2 fully saturated rings. The number of hydrogen-bond acceptors (Lipinski definition) is 7. The number of sulfone groups is 1. The Balaban J connectivity index is 1.51. The number of carbonyl (C=O) groups is 1. The van der Waals surface area contributed by atoms with Crippen LogP contribution in [0.15, 0.2) is 4.52 Å². The molecule has 0 aromatic carbocycles. The molecule has 1 aromatic heterocycles. The molecule has 0 spiro atoms. The summed E-state index contributed by atoms with van der Waals surface area (Å²) in [5, 5.41) is 6.95. The van der Waals surface area contributed by atoms with Gasteiger partial charge in [-0.2, -0.15) is 4.98 Å². The standard InChI is InChI=1S/C16H26N4O4S/c1-11(2)16-18-15(19-24-16)13-4-3-6-20(13)9-14(21)17-8-12-5-7-25(22,23)10-12/h11-13H,3-10H2,1-2H3,(H,17,21). The maximum Gasteiger partial charge on any atom is 0.234 e. The average Bonchev–Trinajstić information content (AvgIpc) is 3.24. The van der Waals surface area contributed by atoms with Gasteiger partial charge in [0.15, 0.2) is 15.7 Å². The summed E-state index contributed by atoms with van der Waals surface area (Å²) in [5.41, 5.74) is 0. The van der Waals surface area contributed by atoms with E-state index in [-0.39, 0.29) is 41.8 Å². The van der Waals surface area contributed by atoms with Crippen molar-refractivity contribution < 1.29 is 17.7 Å². The highest BCUT2D eigenvalue weighted by atomic mass is 32.2. The van der Waals surface area contributed by atoms with E-state index in [1.165, 1.54) is 0 Å². The Morgan fingerprint density at radius 1 is 1.40 bits per heavy atom. The highest BCUT2D eigenvalue weighted by molar-refractivity contribution is 7.91. The van der Waals surface area contributed by atoms with Gasteiger partial charge in [0.05, 0.1) is 24.1 Å². The van der Waals surface area contributed by atoms with Gasteiger partial charge in [0.1, 0.15) is 0 Å². The number of amides is 1. The topological polar surface area (TPSA) is 105 Å². The Kier molecular flexibility index (Phi) is 5.43.